The van der Waals surface area contributed by atoms with Gasteiger partial charge in [0.05, 0.1) is 0 Å². The van der Waals surface area contributed by atoms with Crippen LogP contribution in [-0.2, 0) is 10.0 Å². The molecule has 0 saturated heterocycles. The van der Waals surface area contributed by atoms with Crippen molar-refractivity contribution in [2.75, 3.05) is 19.6 Å². The third kappa shape index (κ3) is 8.17. The third-order valence-corrected chi connectivity index (χ3v) is 3.74. The summed E-state index contributed by atoms with van der Waals surface area (Å²) in [6.45, 7) is 5.31. The summed E-state index contributed by atoms with van der Waals surface area (Å²) >= 11 is 0. The van der Waals surface area contributed by atoms with Crippen molar-refractivity contribution in [1.82, 2.24) is 15.0 Å². The summed E-state index contributed by atoms with van der Waals surface area (Å²) in [7, 11) is -3.52. The number of aliphatic imine (C=N–C) groups is 1. The van der Waals surface area contributed by atoms with E-state index in [0.717, 1.165) is 0 Å². The maximum atomic E-state index is 11.9. The highest BCUT2D eigenvalue weighted by Gasteiger charge is 2.12. The quantitative estimate of drug-likeness (QED) is 0.255. The molecule has 4 N–H and O–H groups in total. The van der Waals surface area contributed by atoms with E-state index in [2.05, 4.69) is 20.0 Å². The van der Waals surface area contributed by atoms with Crippen molar-refractivity contribution in [3.63, 3.8) is 0 Å². The normalized spacial score (nSPS) is 12.0. The van der Waals surface area contributed by atoms with E-state index in [1.807, 2.05) is 13.8 Å². The van der Waals surface area contributed by atoms with Crippen molar-refractivity contribution in [3.8, 4) is 0 Å². The fourth-order valence-electron chi connectivity index (χ4n) is 1.30. The highest BCUT2D eigenvalue weighted by atomic mass is 127. The van der Waals surface area contributed by atoms with Gasteiger partial charge in [-0.25, -0.2) is 13.1 Å². The van der Waals surface area contributed by atoms with Gasteiger partial charge in [0, 0.05) is 32.0 Å². The average Bonchev–Trinajstić information content (AvgIpc) is 2.42. The molecule has 0 saturated carbocycles. The Labute approximate surface area is 142 Å². The van der Waals surface area contributed by atoms with E-state index in [4.69, 9.17) is 5.73 Å². The molecular weight excluding hydrogens is 405 g/mol. The number of hydrogen-bond donors (Lipinski definition) is 3. The molecule has 0 aliphatic heterocycles. The van der Waals surface area contributed by atoms with Crippen LogP contribution in [-0.4, -0.2) is 39.0 Å². The lowest BCUT2D eigenvalue weighted by Gasteiger charge is -2.08. The zero-order valence-electron chi connectivity index (χ0n) is 12.1. The van der Waals surface area contributed by atoms with Crippen LogP contribution in [0.25, 0.3) is 0 Å². The van der Waals surface area contributed by atoms with Gasteiger partial charge >= 0.3 is 0 Å². The van der Waals surface area contributed by atoms with Gasteiger partial charge in [0.25, 0.3) is 0 Å². The Morgan fingerprint density at radius 2 is 2.14 bits per heavy atom. The lowest BCUT2D eigenvalue weighted by atomic mass is 10.2. The van der Waals surface area contributed by atoms with Gasteiger partial charge in [-0.2, -0.15) is 0 Å². The van der Waals surface area contributed by atoms with Crippen molar-refractivity contribution in [1.29, 1.82) is 0 Å². The molecule has 0 unspecified atom stereocenters. The molecule has 0 aliphatic rings. The Balaban J connectivity index is 0.00000400. The molecule has 0 amide bonds. The molecule has 1 aromatic heterocycles. The number of hydrogen-bond acceptors (Lipinski definition) is 4. The van der Waals surface area contributed by atoms with Crippen molar-refractivity contribution < 1.29 is 8.42 Å². The van der Waals surface area contributed by atoms with Crippen molar-refractivity contribution in [2.45, 2.75) is 18.7 Å². The van der Waals surface area contributed by atoms with Crippen LogP contribution in [0.1, 0.15) is 13.8 Å². The number of halogens is 1. The lowest BCUT2D eigenvalue weighted by molar-refractivity contribution is 0.580. The second kappa shape index (κ2) is 9.90. The smallest absolute Gasteiger partial charge is 0.242 e. The average molecular weight is 427 g/mol. The fourth-order valence-corrected chi connectivity index (χ4v) is 2.30. The second-order valence-corrected chi connectivity index (χ2v) is 6.40. The van der Waals surface area contributed by atoms with Crippen LogP contribution in [0.4, 0.5) is 0 Å². The van der Waals surface area contributed by atoms with Crippen LogP contribution >= 0.6 is 24.0 Å². The van der Waals surface area contributed by atoms with Crippen molar-refractivity contribution in [2.24, 2.45) is 16.6 Å². The van der Waals surface area contributed by atoms with Gasteiger partial charge in [0.15, 0.2) is 5.96 Å². The monoisotopic (exact) mass is 427 g/mol. The largest absolute Gasteiger partial charge is 0.370 e. The Morgan fingerprint density at radius 1 is 1.43 bits per heavy atom. The summed E-state index contributed by atoms with van der Waals surface area (Å²) in [6.07, 6.45) is 2.82. The number of sulfonamides is 1. The van der Waals surface area contributed by atoms with E-state index in [0.29, 0.717) is 25.0 Å². The van der Waals surface area contributed by atoms with E-state index in [1.165, 1.54) is 18.5 Å². The molecule has 0 radical (unpaired) electrons. The minimum Gasteiger partial charge on any atom is -0.370 e. The molecule has 1 rings (SSSR count). The van der Waals surface area contributed by atoms with Gasteiger partial charge in [-0.3, -0.25) is 9.98 Å². The van der Waals surface area contributed by atoms with Gasteiger partial charge in [-0.05, 0) is 18.1 Å². The zero-order valence-corrected chi connectivity index (χ0v) is 15.3. The highest BCUT2D eigenvalue weighted by Crippen LogP contribution is 2.04. The molecule has 21 heavy (non-hydrogen) atoms. The molecule has 0 fully saturated rings. The van der Waals surface area contributed by atoms with Crippen LogP contribution in [0.3, 0.4) is 0 Å². The summed E-state index contributed by atoms with van der Waals surface area (Å²) in [4.78, 5) is 8.03. The molecule has 120 valence electrons. The Morgan fingerprint density at radius 3 is 2.71 bits per heavy atom. The highest BCUT2D eigenvalue weighted by molar-refractivity contribution is 14.0. The van der Waals surface area contributed by atoms with Crippen LogP contribution in [0, 0.1) is 5.92 Å². The number of guanidine groups is 1. The number of nitrogens with two attached hydrogens (primary N) is 1. The molecule has 1 aromatic rings. The molecule has 0 atom stereocenters. The minimum absolute atomic E-state index is 0. The summed E-state index contributed by atoms with van der Waals surface area (Å²) in [5.74, 6) is 0.749. The van der Waals surface area contributed by atoms with Gasteiger partial charge in [-0.1, -0.05) is 13.8 Å². The van der Waals surface area contributed by atoms with Crippen molar-refractivity contribution >= 4 is 40.0 Å². The number of rotatable bonds is 7. The van der Waals surface area contributed by atoms with E-state index in [-0.39, 0.29) is 35.4 Å². The van der Waals surface area contributed by atoms with Crippen LogP contribution in [0.5, 0.6) is 0 Å². The van der Waals surface area contributed by atoms with Crippen LogP contribution < -0.4 is 15.8 Å². The number of nitrogens with zero attached hydrogens (tertiary/aromatic N) is 2. The number of aromatic nitrogens is 1. The molecular formula is C12H22IN5O2S. The SMILES string of the molecule is CC(C)CN=C(N)NCCNS(=O)(=O)c1cccnc1.I. The molecule has 0 aliphatic carbocycles. The lowest BCUT2D eigenvalue weighted by Crippen LogP contribution is -2.38. The summed E-state index contributed by atoms with van der Waals surface area (Å²) in [5, 5.41) is 2.85. The molecule has 0 bridgehead atoms. The first-order valence-electron chi connectivity index (χ1n) is 6.35. The topological polar surface area (TPSA) is 109 Å². The summed E-state index contributed by atoms with van der Waals surface area (Å²) in [6, 6.07) is 3.06. The number of nitrogens with one attached hydrogen (secondary N) is 2. The summed E-state index contributed by atoms with van der Waals surface area (Å²) < 4.78 is 26.2. The first-order valence-corrected chi connectivity index (χ1v) is 7.83. The summed E-state index contributed by atoms with van der Waals surface area (Å²) in [5.41, 5.74) is 5.63. The molecule has 7 nitrogen and oxygen atoms in total. The Kier molecular flexibility index (Phi) is 9.46. The third-order valence-electron chi connectivity index (χ3n) is 2.29. The minimum atomic E-state index is -3.52. The van der Waals surface area contributed by atoms with Crippen LogP contribution in [0.2, 0.25) is 0 Å². The van der Waals surface area contributed by atoms with Crippen molar-refractivity contribution in [3.05, 3.63) is 24.5 Å². The van der Waals surface area contributed by atoms with Gasteiger partial charge < -0.3 is 11.1 Å². The predicted molar refractivity (Wildman–Crippen MR) is 94.2 cm³/mol. The van der Waals surface area contributed by atoms with E-state index in [1.54, 1.807) is 6.07 Å². The van der Waals surface area contributed by atoms with Crippen LogP contribution in [0.15, 0.2) is 34.4 Å². The van der Waals surface area contributed by atoms with Gasteiger partial charge in [0.1, 0.15) is 4.90 Å². The Hall–Kier alpha value is -0.940. The molecule has 0 spiro atoms. The van der Waals surface area contributed by atoms with E-state index in [9.17, 15) is 8.42 Å². The van der Waals surface area contributed by atoms with Gasteiger partial charge in [0.2, 0.25) is 10.0 Å². The first kappa shape index (κ1) is 20.1. The fraction of sp³-hybridized carbons (Fsp3) is 0.500. The Bertz CT molecular complexity index is 534. The van der Waals surface area contributed by atoms with E-state index >= 15 is 0 Å². The predicted octanol–water partition coefficient (Wildman–Crippen LogP) is 0.538. The second-order valence-electron chi connectivity index (χ2n) is 4.63. The standard InChI is InChI=1S/C12H21N5O2S.HI/c1-10(2)8-16-12(13)15-6-7-17-20(18,19)11-4-3-5-14-9-11;/h3-5,9-10,17H,6-8H2,1-2H3,(H3,13,15,16);1H. The maximum Gasteiger partial charge on any atom is 0.242 e. The van der Waals surface area contributed by atoms with Gasteiger partial charge in [-0.15, -0.1) is 24.0 Å². The zero-order chi connectivity index (χ0) is 15.0. The molecule has 9 heteroatoms. The molecule has 0 aromatic carbocycles. The first-order chi connectivity index (χ1) is 9.42. The van der Waals surface area contributed by atoms with E-state index < -0.39 is 10.0 Å². The maximum absolute atomic E-state index is 11.9. The molecule has 1 heterocycles. The number of pyridine rings is 1.